The molecular formula is C16H24N2O3. The first-order valence-corrected chi connectivity index (χ1v) is 7.17. The molecule has 1 aromatic carbocycles. The van der Waals surface area contributed by atoms with Crippen molar-refractivity contribution in [2.75, 3.05) is 5.32 Å². The third-order valence-corrected chi connectivity index (χ3v) is 2.63. The zero-order valence-corrected chi connectivity index (χ0v) is 13.1. The second-order valence-corrected chi connectivity index (χ2v) is 5.84. The Morgan fingerprint density at radius 1 is 1.19 bits per heavy atom. The van der Waals surface area contributed by atoms with E-state index in [9.17, 15) is 9.59 Å². The fraction of sp³-hybridized carbons (Fsp3) is 0.500. The maximum Gasteiger partial charge on any atom is 0.408 e. The van der Waals surface area contributed by atoms with Crippen LogP contribution in [-0.4, -0.2) is 23.6 Å². The maximum absolute atomic E-state index is 12.2. The van der Waals surface area contributed by atoms with Gasteiger partial charge in [-0.2, -0.15) is 0 Å². The van der Waals surface area contributed by atoms with E-state index in [1.807, 2.05) is 25.1 Å². The lowest BCUT2D eigenvalue weighted by molar-refractivity contribution is -0.118. The summed E-state index contributed by atoms with van der Waals surface area (Å²) < 4.78 is 5.18. The topological polar surface area (TPSA) is 67.4 Å². The predicted octanol–water partition coefficient (Wildman–Crippen LogP) is 3.32. The zero-order chi connectivity index (χ0) is 15.9. The fourth-order valence-corrected chi connectivity index (χ4v) is 1.76. The Balaban J connectivity index is 2.63. The molecule has 0 radical (unpaired) electrons. The predicted molar refractivity (Wildman–Crippen MR) is 83.1 cm³/mol. The average molecular weight is 292 g/mol. The van der Waals surface area contributed by atoms with E-state index in [1.165, 1.54) is 0 Å². The summed E-state index contributed by atoms with van der Waals surface area (Å²) >= 11 is 0. The van der Waals surface area contributed by atoms with Gasteiger partial charge in [0, 0.05) is 5.69 Å². The van der Waals surface area contributed by atoms with Crippen LogP contribution in [0.25, 0.3) is 0 Å². The summed E-state index contributed by atoms with van der Waals surface area (Å²) in [6.07, 6.45) is 0.754. The highest BCUT2D eigenvalue weighted by Gasteiger charge is 2.23. The van der Waals surface area contributed by atoms with Gasteiger partial charge in [-0.1, -0.05) is 31.5 Å². The fourth-order valence-electron chi connectivity index (χ4n) is 1.76. The van der Waals surface area contributed by atoms with E-state index in [0.29, 0.717) is 12.1 Å². The minimum absolute atomic E-state index is 0.242. The van der Waals surface area contributed by atoms with Crippen LogP contribution in [0.4, 0.5) is 10.5 Å². The van der Waals surface area contributed by atoms with E-state index in [2.05, 4.69) is 10.6 Å². The van der Waals surface area contributed by atoms with E-state index in [0.717, 1.165) is 6.42 Å². The molecule has 5 heteroatoms. The number of benzene rings is 1. The van der Waals surface area contributed by atoms with Gasteiger partial charge in [0.05, 0.1) is 0 Å². The van der Waals surface area contributed by atoms with Crippen LogP contribution in [0.5, 0.6) is 0 Å². The minimum Gasteiger partial charge on any atom is -0.444 e. The SMILES string of the molecule is CCCC(NC(=O)OC(C)(C)C)C(=O)Nc1ccccc1. The molecule has 0 heterocycles. The number of alkyl carbamates (subject to hydrolysis) is 1. The van der Waals surface area contributed by atoms with Crippen molar-refractivity contribution in [2.24, 2.45) is 0 Å². The Morgan fingerprint density at radius 2 is 1.81 bits per heavy atom. The molecule has 0 saturated heterocycles. The van der Waals surface area contributed by atoms with Gasteiger partial charge in [-0.15, -0.1) is 0 Å². The highest BCUT2D eigenvalue weighted by Crippen LogP contribution is 2.10. The van der Waals surface area contributed by atoms with E-state index in [4.69, 9.17) is 4.74 Å². The monoisotopic (exact) mass is 292 g/mol. The molecule has 1 unspecified atom stereocenters. The summed E-state index contributed by atoms with van der Waals surface area (Å²) in [4.78, 5) is 24.0. The molecule has 0 bridgehead atoms. The second kappa shape index (κ2) is 7.67. The minimum atomic E-state index is -0.606. The molecule has 2 amide bonds. The largest absolute Gasteiger partial charge is 0.444 e. The van der Waals surface area contributed by atoms with Crippen molar-refractivity contribution >= 4 is 17.7 Å². The first-order valence-electron chi connectivity index (χ1n) is 7.17. The lowest BCUT2D eigenvalue weighted by Gasteiger charge is -2.23. The second-order valence-electron chi connectivity index (χ2n) is 5.84. The third-order valence-electron chi connectivity index (χ3n) is 2.63. The van der Waals surface area contributed by atoms with Crippen molar-refractivity contribution in [3.8, 4) is 0 Å². The van der Waals surface area contributed by atoms with Gasteiger partial charge in [-0.3, -0.25) is 4.79 Å². The molecular weight excluding hydrogens is 268 g/mol. The molecule has 116 valence electrons. The molecule has 0 saturated carbocycles. The Kier molecular flexibility index (Phi) is 6.21. The van der Waals surface area contributed by atoms with Gasteiger partial charge < -0.3 is 15.4 Å². The highest BCUT2D eigenvalue weighted by molar-refractivity contribution is 5.96. The number of para-hydroxylation sites is 1. The van der Waals surface area contributed by atoms with Crippen molar-refractivity contribution in [3.05, 3.63) is 30.3 Å². The summed E-state index contributed by atoms with van der Waals surface area (Å²) in [5.74, 6) is -0.242. The Labute approximate surface area is 126 Å². The Hall–Kier alpha value is -2.04. The molecule has 0 aliphatic rings. The lowest BCUT2D eigenvalue weighted by Crippen LogP contribution is -2.45. The number of ether oxygens (including phenoxy) is 1. The van der Waals surface area contributed by atoms with Crippen LogP contribution in [0.15, 0.2) is 30.3 Å². The van der Waals surface area contributed by atoms with Crippen LogP contribution in [0, 0.1) is 0 Å². The molecule has 1 aromatic rings. The van der Waals surface area contributed by atoms with Crippen molar-refractivity contribution in [1.29, 1.82) is 0 Å². The number of carbonyl (C=O) groups is 2. The standard InChI is InChI=1S/C16H24N2O3/c1-5-9-13(18-15(20)21-16(2,3)4)14(19)17-12-10-7-6-8-11-12/h6-8,10-11,13H,5,9H2,1-4H3,(H,17,19)(H,18,20). The molecule has 0 spiro atoms. The molecule has 1 rings (SSSR count). The summed E-state index contributed by atoms with van der Waals surface area (Å²) in [6.45, 7) is 7.31. The molecule has 0 aromatic heterocycles. The van der Waals surface area contributed by atoms with E-state index >= 15 is 0 Å². The summed E-state index contributed by atoms with van der Waals surface area (Å²) in [6, 6.07) is 8.54. The van der Waals surface area contributed by atoms with Gasteiger partial charge >= 0.3 is 6.09 Å². The van der Waals surface area contributed by atoms with Crippen molar-refractivity contribution in [3.63, 3.8) is 0 Å². The highest BCUT2D eigenvalue weighted by atomic mass is 16.6. The number of nitrogens with one attached hydrogen (secondary N) is 2. The van der Waals surface area contributed by atoms with Gasteiger partial charge in [0.2, 0.25) is 5.91 Å². The van der Waals surface area contributed by atoms with Gasteiger partial charge in [0.1, 0.15) is 11.6 Å². The van der Waals surface area contributed by atoms with Gasteiger partial charge in [0.15, 0.2) is 0 Å². The number of carbonyl (C=O) groups excluding carboxylic acids is 2. The van der Waals surface area contributed by atoms with E-state index < -0.39 is 17.7 Å². The quantitative estimate of drug-likeness (QED) is 0.874. The Bertz CT molecular complexity index is 466. The van der Waals surface area contributed by atoms with Crippen LogP contribution in [0.1, 0.15) is 40.5 Å². The molecule has 0 fully saturated rings. The van der Waals surface area contributed by atoms with Gasteiger partial charge in [-0.25, -0.2) is 4.79 Å². The smallest absolute Gasteiger partial charge is 0.408 e. The average Bonchev–Trinajstić information content (AvgIpc) is 2.37. The summed E-state index contributed by atoms with van der Waals surface area (Å²) in [7, 11) is 0. The summed E-state index contributed by atoms with van der Waals surface area (Å²) in [5, 5.41) is 5.41. The molecule has 21 heavy (non-hydrogen) atoms. The number of hydrogen-bond acceptors (Lipinski definition) is 3. The van der Waals surface area contributed by atoms with Crippen molar-refractivity contribution < 1.29 is 14.3 Å². The van der Waals surface area contributed by atoms with Crippen LogP contribution >= 0.6 is 0 Å². The number of amides is 2. The van der Waals surface area contributed by atoms with Gasteiger partial charge in [-0.05, 0) is 39.3 Å². The van der Waals surface area contributed by atoms with Crippen molar-refractivity contribution in [1.82, 2.24) is 5.32 Å². The normalized spacial score (nSPS) is 12.4. The lowest BCUT2D eigenvalue weighted by atomic mass is 10.1. The summed E-state index contributed by atoms with van der Waals surface area (Å²) in [5.41, 5.74) is 0.117. The molecule has 0 aliphatic heterocycles. The zero-order valence-electron chi connectivity index (χ0n) is 13.1. The third kappa shape index (κ3) is 6.79. The Morgan fingerprint density at radius 3 is 2.33 bits per heavy atom. The van der Waals surface area contributed by atoms with Crippen LogP contribution in [-0.2, 0) is 9.53 Å². The molecule has 2 N–H and O–H groups in total. The van der Waals surface area contributed by atoms with E-state index in [-0.39, 0.29) is 5.91 Å². The maximum atomic E-state index is 12.2. The van der Waals surface area contributed by atoms with Crippen LogP contribution in [0.3, 0.4) is 0 Å². The molecule has 5 nitrogen and oxygen atoms in total. The van der Waals surface area contributed by atoms with Crippen molar-refractivity contribution in [2.45, 2.75) is 52.2 Å². The molecule has 0 aliphatic carbocycles. The first kappa shape index (κ1) is 17.0. The van der Waals surface area contributed by atoms with Gasteiger partial charge in [0.25, 0.3) is 0 Å². The first-order chi connectivity index (χ1) is 9.81. The van der Waals surface area contributed by atoms with Crippen LogP contribution < -0.4 is 10.6 Å². The van der Waals surface area contributed by atoms with Crippen LogP contribution in [0.2, 0.25) is 0 Å². The number of anilines is 1. The number of rotatable bonds is 5. The molecule has 1 atom stereocenters. The number of hydrogen-bond donors (Lipinski definition) is 2. The van der Waals surface area contributed by atoms with E-state index in [1.54, 1.807) is 32.9 Å².